The highest BCUT2D eigenvalue weighted by atomic mass is 31.2. The van der Waals surface area contributed by atoms with E-state index in [4.69, 9.17) is 18.5 Å². The van der Waals surface area contributed by atoms with E-state index in [0.29, 0.717) is 17.4 Å². The molecule has 0 fully saturated rings. The number of phosphoric acid groups is 1. The van der Waals surface area contributed by atoms with Crippen LogP contribution >= 0.6 is 7.82 Å². The molecule has 0 bridgehead atoms. The molecule has 0 saturated heterocycles. The van der Waals surface area contributed by atoms with Gasteiger partial charge in [-0.05, 0) is 122 Å². The Balaban J connectivity index is 4.05. The number of phosphoric ester groups is 1. The zero-order valence-electron chi connectivity index (χ0n) is 61.1. The predicted molar refractivity (Wildman–Crippen MR) is 406 cm³/mol. The lowest BCUT2D eigenvalue weighted by Gasteiger charge is -2.28. The molecule has 9 nitrogen and oxygen atoms in total. The Morgan fingerprint density at radius 2 is 0.574 bits per heavy atom. The number of nitrogens with zero attached hydrogens (tertiary/aromatic N) is 1. The molecule has 0 aliphatic carbocycles. The lowest BCUT2D eigenvalue weighted by atomic mass is 10.0. The van der Waals surface area contributed by atoms with Gasteiger partial charge in [0.1, 0.15) is 19.8 Å². The first-order chi connectivity index (χ1) is 46.0. The highest BCUT2D eigenvalue weighted by Crippen LogP contribution is 2.38. The van der Waals surface area contributed by atoms with Crippen LogP contribution < -0.4 is 4.89 Å². The van der Waals surface area contributed by atoms with Crippen LogP contribution in [0.15, 0.2) is 158 Å². The average Bonchev–Trinajstić information content (AvgIpc) is 1.68. The molecule has 0 rings (SSSR count). The molecule has 2 unspecified atom stereocenters. The van der Waals surface area contributed by atoms with Gasteiger partial charge in [-0.1, -0.05) is 332 Å². The van der Waals surface area contributed by atoms with E-state index in [1.165, 1.54) is 141 Å². The van der Waals surface area contributed by atoms with E-state index in [9.17, 15) is 19.0 Å². The molecule has 10 heteroatoms. The van der Waals surface area contributed by atoms with Crippen LogP contribution in [0.4, 0.5) is 0 Å². The number of esters is 2. The summed E-state index contributed by atoms with van der Waals surface area (Å²) in [4.78, 5) is 38.2. The summed E-state index contributed by atoms with van der Waals surface area (Å²) in [6.45, 7) is 4.01. The number of quaternary nitrogens is 1. The zero-order valence-corrected chi connectivity index (χ0v) is 62.0. The summed E-state index contributed by atoms with van der Waals surface area (Å²) in [6.07, 6.45) is 109. The topological polar surface area (TPSA) is 111 Å². The minimum atomic E-state index is -4.66. The van der Waals surface area contributed by atoms with Gasteiger partial charge in [0.15, 0.2) is 6.10 Å². The molecule has 0 spiro atoms. The summed E-state index contributed by atoms with van der Waals surface area (Å²) in [6, 6.07) is 0. The zero-order chi connectivity index (χ0) is 68.3. The van der Waals surface area contributed by atoms with Gasteiger partial charge in [0.05, 0.1) is 27.7 Å². The van der Waals surface area contributed by atoms with E-state index in [1.54, 1.807) is 0 Å². The number of hydrogen-bond donors (Lipinski definition) is 0. The van der Waals surface area contributed by atoms with Crippen molar-refractivity contribution in [3.05, 3.63) is 158 Å². The average molecular weight is 1330 g/mol. The summed E-state index contributed by atoms with van der Waals surface area (Å²) in [7, 11) is 1.15. The van der Waals surface area contributed by atoms with Crippen molar-refractivity contribution in [1.29, 1.82) is 0 Å². The number of unbranched alkanes of at least 4 members (excludes halogenated alkanes) is 29. The van der Waals surface area contributed by atoms with E-state index >= 15 is 0 Å². The van der Waals surface area contributed by atoms with Gasteiger partial charge in [-0.25, -0.2) is 0 Å². The van der Waals surface area contributed by atoms with Crippen LogP contribution in [0.3, 0.4) is 0 Å². The Bertz CT molecular complexity index is 2150. The quantitative estimate of drug-likeness (QED) is 0.0195. The highest BCUT2D eigenvalue weighted by Gasteiger charge is 2.22. The lowest BCUT2D eigenvalue weighted by Crippen LogP contribution is -2.37. The Labute approximate surface area is 579 Å². The second-order valence-electron chi connectivity index (χ2n) is 26.3. The van der Waals surface area contributed by atoms with Crippen molar-refractivity contribution in [3.8, 4) is 0 Å². The van der Waals surface area contributed by atoms with E-state index in [0.717, 1.165) is 135 Å². The van der Waals surface area contributed by atoms with E-state index in [2.05, 4.69) is 172 Å². The SMILES string of the molecule is CC/C=C\C/C=C\C/C=C\C/C=C\C/C=C\C/C=C\C/C=C\C/C=C\C/C=C\CCCCCCCCCC(=O)OC(COC(=O)CCCCCCCCCCCCCCCCCCCCCCCC/C=C\C/C=C\C/C=C\C/C=C\CC)COP(=O)([O-])OCC[N+](C)(C)C. The van der Waals surface area contributed by atoms with Crippen LogP contribution in [0.5, 0.6) is 0 Å². The summed E-state index contributed by atoms with van der Waals surface area (Å²) in [5, 5.41) is 0. The molecule has 536 valence electrons. The molecule has 0 heterocycles. The van der Waals surface area contributed by atoms with Crippen molar-refractivity contribution in [2.75, 3.05) is 47.5 Å². The third-order valence-electron chi connectivity index (χ3n) is 16.0. The van der Waals surface area contributed by atoms with Crippen LogP contribution in [0.1, 0.15) is 309 Å². The van der Waals surface area contributed by atoms with Gasteiger partial charge >= 0.3 is 11.9 Å². The fourth-order valence-corrected chi connectivity index (χ4v) is 11.0. The summed E-state index contributed by atoms with van der Waals surface area (Å²) in [5.41, 5.74) is 0. The number of hydrogen-bond acceptors (Lipinski definition) is 8. The first kappa shape index (κ1) is 89.6. The first-order valence-electron chi connectivity index (χ1n) is 38.2. The lowest BCUT2D eigenvalue weighted by molar-refractivity contribution is -0.870. The van der Waals surface area contributed by atoms with E-state index in [1.807, 2.05) is 21.1 Å². The highest BCUT2D eigenvalue weighted by molar-refractivity contribution is 7.45. The Kier molecular flexibility index (Phi) is 69.5. The minimum Gasteiger partial charge on any atom is -0.756 e. The fraction of sp³-hybridized carbons (Fsp3) is 0.667. The molecule has 2 atom stereocenters. The number of carbonyl (C=O) groups excluding carboxylic acids is 2. The summed E-state index contributed by atoms with van der Waals surface area (Å²) >= 11 is 0. The maximum atomic E-state index is 12.9. The number of allylic oxidation sites excluding steroid dienone is 26. The third kappa shape index (κ3) is 76.6. The number of rotatable bonds is 69. The maximum absolute atomic E-state index is 12.9. The Morgan fingerprint density at radius 1 is 0.330 bits per heavy atom. The van der Waals surface area contributed by atoms with Crippen LogP contribution in [0.25, 0.3) is 0 Å². The molecule has 0 aliphatic heterocycles. The van der Waals surface area contributed by atoms with Crippen molar-refractivity contribution in [3.63, 3.8) is 0 Å². The van der Waals surface area contributed by atoms with Crippen molar-refractivity contribution in [2.24, 2.45) is 0 Å². The van der Waals surface area contributed by atoms with Gasteiger partial charge < -0.3 is 27.9 Å². The molecule has 0 saturated carbocycles. The second kappa shape index (κ2) is 72.9. The molecule has 0 aromatic carbocycles. The van der Waals surface area contributed by atoms with Crippen LogP contribution in [0, 0.1) is 0 Å². The van der Waals surface area contributed by atoms with E-state index in [-0.39, 0.29) is 32.0 Å². The van der Waals surface area contributed by atoms with Gasteiger partial charge in [-0.15, -0.1) is 0 Å². The van der Waals surface area contributed by atoms with Crippen molar-refractivity contribution >= 4 is 19.8 Å². The van der Waals surface area contributed by atoms with Gasteiger partial charge in [-0.2, -0.15) is 0 Å². The summed E-state index contributed by atoms with van der Waals surface area (Å²) in [5.74, 6) is -0.845. The molecule has 0 aromatic rings. The van der Waals surface area contributed by atoms with Crippen LogP contribution in [-0.2, 0) is 32.7 Å². The molecule has 94 heavy (non-hydrogen) atoms. The largest absolute Gasteiger partial charge is 0.756 e. The normalized spacial score (nSPS) is 14.0. The summed E-state index contributed by atoms with van der Waals surface area (Å²) < 4.78 is 34.4. The maximum Gasteiger partial charge on any atom is 0.306 e. The standard InChI is InChI=1S/C84H142NO8P/c1-6-8-10-12-14-16-18-20-22-24-26-28-30-32-34-36-38-40-42-44-46-48-50-52-54-56-58-60-62-64-66-68-70-72-74-76-83(86)90-80-82(81-92-94(88,89)91-79-78-85(3,4)5)93-84(87)77-75-73-71-69-67-65-63-61-59-57-55-53-51-49-47-45-43-41-39-37-35-33-31-29-27-25-23-21-19-17-15-13-11-9-7-2/h8-11,14-17,20-23,26-29,33,35,39,41,45,47,51,53,57,59,82H,6-7,12-13,18-19,24-25,30-32,34,36-38,40,42-44,46,48-50,52,54-56,58,60-81H2,1-5H3/b10-8-,11-9-,16-14-,17-15-,22-20-,23-21-,28-26-,29-27-,35-33-,41-39-,47-45-,53-51-,59-57-. The van der Waals surface area contributed by atoms with Crippen molar-refractivity contribution in [2.45, 2.75) is 315 Å². The Hall–Kier alpha value is -4.37. The van der Waals surface area contributed by atoms with Crippen LogP contribution in [-0.4, -0.2) is 70.0 Å². The molecule has 0 radical (unpaired) electrons. The number of ether oxygens (including phenoxy) is 2. The fourth-order valence-electron chi connectivity index (χ4n) is 10.3. The van der Waals surface area contributed by atoms with Gasteiger partial charge in [0, 0.05) is 12.8 Å². The van der Waals surface area contributed by atoms with Crippen molar-refractivity contribution in [1.82, 2.24) is 0 Å². The molecular weight excluding hydrogens is 1180 g/mol. The molecule has 0 amide bonds. The molecule has 0 aliphatic rings. The number of carbonyl (C=O) groups is 2. The molecule has 0 aromatic heterocycles. The smallest absolute Gasteiger partial charge is 0.306 e. The monoisotopic (exact) mass is 1320 g/mol. The predicted octanol–water partition coefficient (Wildman–Crippen LogP) is 24.9. The molecule has 0 N–H and O–H groups in total. The first-order valence-corrected chi connectivity index (χ1v) is 39.7. The van der Waals surface area contributed by atoms with Crippen molar-refractivity contribution < 1.29 is 42.1 Å². The number of likely N-dealkylation sites (N-methyl/N-ethyl adjacent to an activating group) is 1. The van der Waals surface area contributed by atoms with Gasteiger partial charge in [0.2, 0.25) is 0 Å². The van der Waals surface area contributed by atoms with Gasteiger partial charge in [0.25, 0.3) is 7.82 Å². The molecular formula is C84H142NO8P. The second-order valence-corrected chi connectivity index (χ2v) is 27.7. The minimum absolute atomic E-state index is 0.0393. The van der Waals surface area contributed by atoms with Gasteiger partial charge in [-0.3, -0.25) is 14.2 Å². The Morgan fingerprint density at radius 3 is 0.851 bits per heavy atom. The third-order valence-corrected chi connectivity index (χ3v) is 17.0. The van der Waals surface area contributed by atoms with Crippen LogP contribution in [0.2, 0.25) is 0 Å². The van der Waals surface area contributed by atoms with E-state index < -0.39 is 26.5 Å².